The van der Waals surface area contributed by atoms with E-state index >= 15 is 0 Å². The van der Waals surface area contributed by atoms with Crippen molar-refractivity contribution in [1.82, 2.24) is 4.98 Å². The second kappa shape index (κ2) is 3.66. The van der Waals surface area contributed by atoms with Gasteiger partial charge in [0.05, 0.1) is 0 Å². The fourth-order valence-corrected chi connectivity index (χ4v) is 2.76. The predicted molar refractivity (Wildman–Crippen MR) is 66.5 cm³/mol. The van der Waals surface area contributed by atoms with E-state index in [1.807, 2.05) is 24.3 Å². The van der Waals surface area contributed by atoms with Crippen molar-refractivity contribution < 1.29 is 4.39 Å². The Morgan fingerprint density at radius 1 is 1.00 bits per heavy atom. The van der Waals surface area contributed by atoms with E-state index < -0.39 is 0 Å². The van der Waals surface area contributed by atoms with Crippen LogP contribution in [0, 0.1) is 5.95 Å². The molecule has 0 fully saturated rings. The van der Waals surface area contributed by atoms with Gasteiger partial charge in [0.15, 0.2) is 0 Å². The van der Waals surface area contributed by atoms with E-state index in [0.29, 0.717) is 17.4 Å². The summed E-state index contributed by atoms with van der Waals surface area (Å²) in [5, 5.41) is 0. The van der Waals surface area contributed by atoms with Crippen LogP contribution in [0.3, 0.4) is 0 Å². The van der Waals surface area contributed by atoms with Gasteiger partial charge in [-0.2, -0.15) is 4.39 Å². The lowest BCUT2D eigenvalue weighted by atomic mass is 9.74. The van der Waals surface area contributed by atoms with Crippen molar-refractivity contribution in [2.45, 2.75) is 25.7 Å². The smallest absolute Gasteiger partial charge is 0.221 e. The molecular formula is C15H14FN. The average molecular weight is 227 g/mol. The summed E-state index contributed by atoms with van der Waals surface area (Å²) in [6.07, 6.45) is 1.56. The minimum Gasteiger partial charge on any atom is -0.228 e. The molecule has 2 heteroatoms. The Morgan fingerprint density at radius 2 is 1.71 bits per heavy atom. The van der Waals surface area contributed by atoms with E-state index in [1.54, 1.807) is 6.20 Å². The van der Waals surface area contributed by atoms with E-state index in [4.69, 9.17) is 0 Å². The molecule has 17 heavy (non-hydrogen) atoms. The largest absolute Gasteiger partial charge is 0.228 e. The molecule has 1 aromatic carbocycles. The summed E-state index contributed by atoms with van der Waals surface area (Å²) in [6, 6.07) is 9.99. The quantitative estimate of drug-likeness (QED) is 0.617. The van der Waals surface area contributed by atoms with Gasteiger partial charge in [-0.15, -0.1) is 0 Å². The standard InChI is InChI=1S/C15H14FN/c1-9-10(2)12-7-8-17-15(16)14(12)13-6-4-3-5-11(9)13/h3-10H,1-2H3. The molecule has 2 atom stereocenters. The van der Waals surface area contributed by atoms with Crippen LogP contribution in [0.4, 0.5) is 4.39 Å². The minimum absolute atomic E-state index is 0.331. The number of halogens is 1. The molecule has 2 aromatic rings. The van der Waals surface area contributed by atoms with Gasteiger partial charge >= 0.3 is 0 Å². The van der Waals surface area contributed by atoms with Crippen LogP contribution in [0.5, 0.6) is 0 Å². The highest BCUT2D eigenvalue weighted by atomic mass is 19.1. The maximum atomic E-state index is 13.9. The van der Waals surface area contributed by atoms with Crippen LogP contribution in [0.2, 0.25) is 0 Å². The van der Waals surface area contributed by atoms with Gasteiger partial charge in [0.1, 0.15) is 0 Å². The van der Waals surface area contributed by atoms with E-state index in [0.717, 1.165) is 11.1 Å². The Bertz CT molecular complexity index is 577. The first-order valence-electron chi connectivity index (χ1n) is 5.94. The zero-order chi connectivity index (χ0) is 12.0. The van der Waals surface area contributed by atoms with Crippen LogP contribution in [0.15, 0.2) is 36.5 Å². The molecule has 1 aromatic heterocycles. The van der Waals surface area contributed by atoms with Crippen molar-refractivity contribution in [2.75, 3.05) is 0 Å². The summed E-state index contributed by atoms with van der Waals surface area (Å²) in [4.78, 5) is 3.78. The summed E-state index contributed by atoms with van der Waals surface area (Å²) in [7, 11) is 0. The molecule has 0 saturated carbocycles. The SMILES string of the molecule is CC1c2ccccc2-c2c(ccnc2F)C1C. The summed E-state index contributed by atoms with van der Waals surface area (Å²) < 4.78 is 13.9. The van der Waals surface area contributed by atoms with Crippen molar-refractivity contribution >= 4 is 0 Å². The van der Waals surface area contributed by atoms with Crippen LogP contribution in [0.1, 0.15) is 36.8 Å². The van der Waals surface area contributed by atoms with Crippen LogP contribution >= 0.6 is 0 Å². The lowest BCUT2D eigenvalue weighted by Crippen LogP contribution is -2.14. The first-order chi connectivity index (χ1) is 8.20. The molecule has 1 heterocycles. The maximum Gasteiger partial charge on any atom is 0.221 e. The molecule has 1 aliphatic carbocycles. The molecule has 3 rings (SSSR count). The molecular weight excluding hydrogens is 213 g/mol. The van der Waals surface area contributed by atoms with Crippen molar-refractivity contribution in [3.63, 3.8) is 0 Å². The molecule has 0 N–H and O–H groups in total. The molecule has 0 aliphatic heterocycles. The molecule has 0 spiro atoms. The van der Waals surface area contributed by atoms with Gasteiger partial charge in [0, 0.05) is 11.8 Å². The molecule has 1 nitrogen and oxygen atoms in total. The number of benzene rings is 1. The van der Waals surface area contributed by atoms with E-state index in [2.05, 4.69) is 24.9 Å². The topological polar surface area (TPSA) is 12.9 Å². The fraction of sp³-hybridized carbons (Fsp3) is 0.267. The van der Waals surface area contributed by atoms with Crippen LogP contribution in [-0.4, -0.2) is 4.98 Å². The second-order valence-electron chi connectivity index (χ2n) is 4.73. The molecule has 0 saturated heterocycles. The van der Waals surface area contributed by atoms with Crippen molar-refractivity contribution in [3.05, 3.63) is 53.6 Å². The third kappa shape index (κ3) is 1.40. The van der Waals surface area contributed by atoms with E-state index in [-0.39, 0.29) is 5.95 Å². The average Bonchev–Trinajstić information content (AvgIpc) is 2.36. The lowest BCUT2D eigenvalue weighted by molar-refractivity contribution is 0.564. The number of hydrogen-bond acceptors (Lipinski definition) is 1. The third-order valence-electron chi connectivity index (χ3n) is 3.90. The maximum absolute atomic E-state index is 13.9. The first-order valence-corrected chi connectivity index (χ1v) is 5.94. The van der Waals surface area contributed by atoms with E-state index in [1.165, 1.54) is 5.56 Å². The van der Waals surface area contributed by atoms with Gasteiger partial charge in [0.2, 0.25) is 5.95 Å². The molecule has 0 amide bonds. The van der Waals surface area contributed by atoms with Crippen molar-refractivity contribution in [3.8, 4) is 11.1 Å². The summed E-state index contributed by atoms with van der Waals surface area (Å²) >= 11 is 0. The van der Waals surface area contributed by atoms with Gasteiger partial charge in [-0.25, -0.2) is 4.98 Å². The molecule has 0 bridgehead atoms. The Labute approximate surface area is 100 Å². The number of aromatic nitrogens is 1. The van der Waals surface area contributed by atoms with Gasteiger partial charge in [-0.3, -0.25) is 0 Å². The lowest BCUT2D eigenvalue weighted by Gasteiger charge is -2.30. The Hall–Kier alpha value is -1.70. The van der Waals surface area contributed by atoms with Gasteiger partial charge in [-0.05, 0) is 34.6 Å². The van der Waals surface area contributed by atoms with Crippen molar-refractivity contribution in [1.29, 1.82) is 0 Å². The zero-order valence-electron chi connectivity index (χ0n) is 9.94. The van der Waals surface area contributed by atoms with Crippen LogP contribution in [-0.2, 0) is 0 Å². The third-order valence-corrected chi connectivity index (χ3v) is 3.90. The number of nitrogens with zero attached hydrogens (tertiary/aromatic N) is 1. The molecule has 2 unspecified atom stereocenters. The highest BCUT2D eigenvalue weighted by Gasteiger charge is 2.29. The predicted octanol–water partition coefficient (Wildman–Crippen LogP) is 4.11. The highest BCUT2D eigenvalue weighted by Crippen LogP contribution is 2.46. The van der Waals surface area contributed by atoms with Gasteiger partial charge in [-0.1, -0.05) is 38.1 Å². The van der Waals surface area contributed by atoms with Crippen molar-refractivity contribution in [2.24, 2.45) is 0 Å². The molecule has 86 valence electrons. The number of pyridine rings is 1. The Balaban J connectivity index is 2.37. The number of hydrogen-bond donors (Lipinski definition) is 0. The number of rotatable bonds is 0. The van der Waals surface area contributed by atoms with Gasteiger partial charge in [0.25, 0.3) is 0 Å². The zero-order valence-corrected chi connectivity index (χ0v) is 9.94. The summed E-state index contributed by atoms with van der Waals surface area (Å²) in [5.74, 6) is 0.395. The minimum atomic E-state index is -0.353. The fourth-order valence-electron chi connectivity index (χ4n) is 2.76. The molecule has 1 aliphatic rings. The van der Waals surface area contributed by atoms with Crippen LogP contribution in [0.25, 0.3) is 11.1 Å². The normalized spacial score (nSPS) is 21.8. The first kappa shape index (κ1) is 10.5. The summed E-state index contributed by atoms with van der Waals surface area (Å²) in [5.41, 5.74) is 3.98. The number of fused-ring (bicyclic) bond motifs is 3. The van der Waals surface area contributed by atoms with Gasteiger partial charge < -0.3 is 0 Å². The van der Waals surface area contributed by atoms with Crippen LogP contribution < -0.4 is 0 Å². The second-order valence-corrected chi connectivity index (χ2v) is 4.73. The monoisotopic (exact) mass is 227 g/mol. The Morgan fingerprint density at radius 3 is 2.53 bits per heavy atom. The summed E-state index contributed by atoms with van der Waals surface area (Å²) in [6.45, 7) is 4.35. The highest BCUT2D eigenvalue weighted by molar-refractivity contribution is 5.74. The van der Waals surface area contributed by atoms with E-state index in [9.17, 15) is 4.39 Å². The Kier molecular flexibility index (Phi) is 2.25. The molecule has 0 radical (unpaired) electrons.